The Labute approximate surface area is 91.8 Å². The van der Waals surface area contributed by atoms with Crippen molar-refractivity contribution in [2.75, 3.05) is 11.9 Å². The minimum atomic E-state index is 0.0528. The lowest BCUT2D eigenvalue weighted by atomic mass is 10.3. The average Bonchev–Trinajstić information content (AvgIpc) is 2.86. The molecule has 0 amide bonds. The van der Waals surface area contributed by atoms with Crippen LogP contribution in [0.2, 0.25) is 0 Å². The standard InChI is InChI=1S/C10H12N2O2S/c1-12(5-8-2-3-14-7-8)10-11-4-9(6-13)15-10/h2-4,7,13H,5-6H2,1H3. The van der Waals surface area contributed by atoms with Crippen LogP contribution >= 0.6 is 11.3 Å². The van der Waals surface area contributed by atoms with Crippen LogP contribution in [0.5, 0.6) is 0 Å². The summed E-state index contributed by atoms with van der Waals surface area (Å²) in [6.45, 7) is 0.812. The highest BCUT2D eigenvalue weighted by Crippen LogP contribution is 2.22. The first-order valence-electron chi connectivity index (χ1n) is 4.57. The molecule has 5 heteroatoms. The van der Waals surface area contributed by atoms with Gasteiger partial charge in [-0.25, -0.2) is 4.98 Å². The number of anilines is 1. The molecule has 0 aliphatic heterocycles. The highest BCUT2D eigenvalue weighted by molar-refractivity contribution is 7.15. The number of rotatable bonds is 4. The second-order valence-corrected chi connectivity index (χ2v) is 4.35. The van der Waals surface area contributed by atoms with Crippen molar-refractivity contribution in [1.82, 2.24) is 4.98 Å². The van der Waals surface area contributed by atoms with Gasteiger partial charge in [-0.05, 0) is 6.07 Å². The third-order valence-corrected chi connectivity index (χ3v) is 3.12. The van der Waals surface area contributed by atoms with E-state index in [0.29, 0.717) is 0 Å². The minimum Gasteiger partial charge on any atom is -0.472 e. The van der Waals surface area contributed by atoms with E-state index in [1.54, 1.807) is 18.7 Å². The van der Waals surface area contributed by atoms with Gasteiger partial charge in [0.15, 0.2) is 5.13 Å². The Kier molecular flexibility index (Phi) is 3.03. The van der Waals surface area contributed by atoms with Crippen LogP contribution in [0, 0.1) is 0 Å². The SMILES string of the molecule is CN(Cc1ccoc1)c1ncc(CO)s1. The Morgan fingerprint density at radius 2 is 2.47 bits per heavy atom. The van der Waals surface area contributed by atoms with E-state index in [4.69, 9.17) is 9.52 Å². The molecule has 0 radical (unpaired) electrons. The fourth-order valence-corrected chi connectivity index (χ4v) is 2.00. The summed E-state index contributed by atoms with van der Waals surface area (Å²) in [6.07, 6.45) is 5.08. The van der Waals surface area contributed by atoms with Crippen LogP contribution in [0.3, 0.4) is 0 Å². The van der Waals surface area contributed by atoms with Crippen LogP contribution < -0.4 is 4.90 Å². The van der Waals surface area contributed by atoms with Gasteiger partial charge in [0.1, 0.15) is 0 Å². The van der Waals surface area contributed by atoms with Gasteiger partial charge in [0.25, 0.3) is 0 Å². The molecular weight excluding hydrogens is 212 g/mol. The molecular formula is C10H12N2O2S. The molecule has 0 saturated carbocycles. The summed E-state index contributed by atoms with van der Waals surface area (Å²) in [6, 6.07) is 1.93. The zero-order valence-corrected chi connectivity index (χ0v) is 9.20. The van der Waals surface area contributed by atoms with Gasteiger partial charge < -0.3 is 14.4 Å². The third-order valence-electron chi connectivity index (χ3n) is 2.02. The first-order chi connectivity index (χ1) is 7.29. The molecule has 0 fully saturated rings. The zero-order chi connectivity index (χ0) is 10.7. The summed E-state index contributed by atoms with van der Waals surface area (Å²) in [5.41, 5.74) is 1.11. The van der Waals surface area contributed by atoms with Crippen molar-refractivity contribution in [2.45, 2.75) is 13.2 Å². The molecule has 2 rings (SSSR count). The van der Waals surface area contributed by atoms with Gasteiger partial charge in [-0.1, -0.05) is 11.3 Å². The van der Waals surface area contributed by atoms with Crippen LogP contribution in [0.25, 0.3) is 0 Å². The second-order valence-electron chi connectivity index (χ2n) is 3.25. The van der Waals surface area contributed by atoms with Crippen LogP contribution in [0.15, 0.2) is 29.2 Å². The van der Waals surface area contributed by atoms with Crippen LogP contribution in [0.4, 0.5) is 5.13 Å². The molecule has 0 saturated heterocycles. The van der Waals surface area contributed by atoms with Gasteiger partial charge in [-0.15, -0.1) is 0 Å². The molecule has 0 aliphatic rings. The van der Waals surface area contributed by atoms with E-state index in [1.165, 1.54) is 11.3 Å². The van der Waals surface area contributed by atoms with Crippen LogP contribution in [-0.4, -0.2) is 17.1 Å². The molecule has 1 N–H and O–H groups in total. The lowest BCUT2D eigenvalue weighted by molar-refractivity contribution is 0.285. The number of furan rings is 1. The number of thiazole rings is 1. The average molecular weight is 224 g/mol. The van der Waals surface area contributed by atoms with Gasteiger partial charge in [0.2, 0.25) is 0 Å². The smallest absolute Gasteiger partial charge is 0.185 e. The second kappa shape index (κ2) is 4.46. The van der Waals surface area contributed by atoms with Crippen molar-refractivity contribution in [3.8, 4) is 0 Å². The number of hydrogen-bond donors (Lipinski definition) is 1. The van der Waals surface area contributed by atoms with Crippen LogP contribution in [0.1, 0.15) is 10.4 Å². The van der Waals surface area contributed by atoms with E-state index < -0.39 is 0 Å². The van der Waals surface area contributed by atoms with Gasteiger partial charge >= 0.3 is 0 Å². The molecule has 80 valence electrons. The molecule has 2 aromatic rings. The molecule has 4 nitrogen and oxygen atoms in total. The Morgan fingerprint density at radius 3 is 3.07 bits per heavy atom. The Bertz CT molecular complexity index is 411. The van der Waals surface area contributed by atoms with Crippen molar-refractivity contribution in [2.24, 2.45) is 0 Å². The molecule has 2 heterocycles. The molecule has 2 aromatic heterocycles. The van der Waals surface area contributed by atoms with Gasteiger partial charge in [0, 0.05) is 25.4 Å². The number of aliphatic hydroxyl groups is 1. The highest BCUT2D eigenvalue weighted by Gasteiger charge is 2.07. The molecule has 0 bridgehead atoms. The molecule has 15 heavy (non-hydrogen) atoms. The summed E-state index contributed by atoms with van der Waals surface area (Å²) in [5.74, 6) is 0. The van der Waals surface area contributed by atoms with Gasteiger partial charge in [0.05, 0.1) is 24.0 Å². The predicted octanol–water partition coefficient (Wildman–Crippen LogP) is 1.86. The van der Waals surface area contributed by atoms with Crippen molar-refractivity contribution in [3.63, 3.8) is 0 Å². The maximum absolute atomic E-state index is 8.93. The normalized spacial score (nSPS) is 10.5. The Hall–Kier alpha value is -1.33. The van der Waals surface area contributed by atoms with E-state index in [1.807, 2.05) is 18.0 Å². The summed E-state index contributed by atoms with van der Waals surface area (Å²) in [4.78, 5) is 7.12. The predicted molar refractivity (Wildman–Crippen MR) is 58.9 cm³/mol. The fraction of sp³-hybridized carbons (Fsp3) is 0.300. The fourth-order valence-electron chi connectivity index (χ4n) is 1.27. The first kappa shape index (κ1) is 10.2. The lowest BCUT2D eigenvalue weighted by Gasteiger charge is -2.13. The maximum Gasteiger partial charge on any atom is 0.185 e. The van der Waals surface area contributed by atoms with Crippen molar-refractivity contribution < 1.29 is 9.52 Å². The van der Waals surface area contributed by atoms with Crippen molar-refractivity contribution >= 4 is 16.5 Å². The van der Waals surface area contributed by atoms with E-state index >= 15 is 0 Å². The van der Waals surface area contributed by atoms with Crippen molar-refractivity contribution in [1.29, 1.82) is 0 Å². The first-order valence-corrected chi connectivity index (χ1v) is 5.39. The summed E-state index contributed by atoms with van der Waals surface area (Å²) in [7, 11) is 1.97. The monoisotopic (exact) mass is 224 g/mol. The van der Waals surface area contributed by atoms with E-state index in [-0.39, 0.29) is 6.61 Å². The summed E-state index contributed by atoms with van der Waals surface area (Å²) in [5, 5.41) is 9.83. The largest absolute Gasteiger partial charge is 0.472 e. The third kappa shape index (κ3) is 2.37. The Balaban J connectivity index is 2.04. The number of aromatic nitrogens is 1. The highest BCUT2D eigenvalue weighted by atomic mass is 32.1. The zero-order valence-electron chi connectivity index (χ0n) is 8.38. The van der Waals surface area contributed by atoms with Crippen LogP contribution in [-0.2, 0) is 13.2 Å². The summed E-state index contributed by atoms with van der Waals surface area (Å²) < 4.78 is 4.99. The van der Waals surface area contributed by atoms with Gasteiger partial charge in [-0.2, -0.15) is 0 Å². The van der Waals surface area contributed by atoms with E-state index in [2.05, 4.69) is 4.98 Å². The number of aliphatic hydroxyl groups excluding tert-OH is 1. The van der Waals surface area contributed by atoms with E-state index in [0.717, 1.165) is 22.1 Å². The van der Waals surface area contributed by atoms with Gasteiger partial charge in [-0.3, -0.25) is 0 Å². The minimum absolute atomic E-state index is 0.0528. The quantitative estimate of drug-likeness (QED) is 0.861. The molecule has 0 aliphatic carbocycles. The summed E-state index contributed by atoms with van der Waals surface area (Å²) >= 11 is 1.50. The molecule has 0 atom stereocenters. The topological polar surface area (TPSA) is 49.5 Å². The number of hydrogen-bond acceptors (Lipinski definition) is 5. The molecule has 0 unspecified atom stereocenters. The Morgan fingerprint density at radius 1 is 1.60 bits per heavy atom. The lowest BCUT2D eigenvalue weighted by Crippen LogP contribution is -2.15. The maximum atomic E-state index is 8.93. The molecule has 0 spiro atoms. The van der Waals surface area contributed by atoms with E-state index in [9.17, 15) is 0 Å². The molecule has 0 aromatic carbocycles. The number of nitrogens with zero attached hydrogens (tertiary/aromatic N) is 2. The van der Waals surface area contributed by atoms with Crippen molar-refractivity contribution in [3.05, 3.63) is 35.2 Å².